The molecule has 4 saturated heterocycles. The van der Waals surface area contributed by atoms with Crippen molar-refractivity contribution in [1.82, 2.24) is 0 Å². The van der Waals surface area contributed by atoms with Gasteiger partial charge in [-0.25, -0.2) is 33.5 Å². The highest BCUT2D eigenvalue weighted by Crippen LogP contribution is 2.55. The summed E-state index contributed by atoms with van der Waals surface area (Å²) in [5.74, 6) is 0. The van der Waals surface area contributed by atoms with Gasteiger partial charge in [-0.15, -0.1) is 0 Å². The van der Waals surface area contributed by atoms with Crippen molar-refractivity contribution >= 4 is 41.6 Å². The third kappa shape index (κ3) is 6.03. The zero-order valence-electron chi connectivity index (χ0n) is 24.4. The third-order valence-electron chi connectivity index (χ3n) is 8.88. The summed E-state index contributed by atoms with van der Waals surface area (Å²) in [6.45, 7) is 3.17. The summed E-state index contributed by atoms with van der Waals surface area (Å²) in [4.78, 5) is 0. The lowest BCUT2D eigenvalue weighted by atomic mass is 9.67. The highest BCUT2D eigenvalue weighted by molar-refractivity contribution is 7.82. The Balaban J connectivity index is 1.42. The van der Waals surface area contributed by atoms with Gasteiger partial charge in [0.05, 0.1) is 48.5 Å². The predicted octanol–water partition coefficient (Wildman–Crippen LogP) is 1.68. The molecule has 6 rings (SSSR count). The smallest absolute Gasteiger partial charge is 0.247 e. The summed E-state index contributed by atoms with van der Waals surface area (Å²) in [6.07, 6.45) is -7.64. The SMILES string of the molecule is CC1OS(=O)(=O)OC(C)C12C(C)OS(=O)(=O)OC2Cc1cccc(C2OS(=O)(=O)OCC23COS(=O)(=O)OC3c2ccccc2)c1. The van der Waals surface area contributed by atoms with Crippen LogP contribution in [0, 0.1) is 10.8 Å². The number of hydrogen-bond donors (Lipinski definition) is 0. The molecule has 4 heterocycles. The first kappa shape index (κ1) is 33.8. The topological polar surface area (TPSA) is 210 Å². The Kier molecular flexibility index (Phi) is 8.47. The van der Waals surface area contributed by atoms with Crippen molar-refractivity contribution in [2.24, 2.45) is 10.8 Å². The third-order valence-corrected chi connectivity index (χ3v) is 12.6. The molecule has 0 saturated carbocycles. The molecule has 0 aromatic heterocycles. The maximum atomic E-state index is 12.6. The second kappa shape index (κ2) is 11.5. The van der Waals surface area contributed by atoms with E-state index < -0.39 is 102 Å². The molecule has 4 fully saturated rings. The van der Waals surface area contributed by atoms with Gasteiger partial charge < -0.3 is 0 Å². The second-order valence-corrected chi connectivity index (χ2v) is 16.4. The van der Waals surface area contributed by atoms with Gasteiger partial charge in [0.1, 0.15) is 12.2 Å². The van der Waals surface area contributed by atoms with E-state index in [2.05, 4.69) is 0 Å². The van der Waals surface area contributed by atoms with E-state index in [1.807, 2.05) is 0 Å². The van der Waals surface area contributed by atoms with Crippen LogP contribution in [-0.2, 0) is 81.5 Å². The van der Waals surface area contributed by atoms with Gasteiger partial charge in [0.15, 0.2) is 0 Å². The van der Waals surface area contributed by atoms with Crippen LogP contribution in [0.4, 0.5) is 0 Å². The minimum atomic E-state index is -4.57. The molecule has 20 heteroatoms. The molecular weight excluding hydrogens is 697 g/mol. The lowest BCUT2D eigenvalue weighted by Crippen LogP contribution is -2.67. The van der Waals surface area contributed by atoms with Gasteiger partial charge in [-0.05, 0) is 37.5 Å². The quantitative estimate of drug-likeness (QED) is 0.439. The van der Waals surface area contributed by atoms with Crippen LogP contribution in [0.1, 0.15) is 49.7 Å². The average molecular weight is 727 g/mol. The van der Waals surface area contributed by atoms with E-state index in [1.54, 1.807) is 42.5 Å². The zero-order valence-corrected chi connectivity index (χ0v) is 27.7. The molecule has 0 amide bonds. The first-order chi connectivity index (χ1) is 21.4. The normalized spacial score (nSPS) is 39.5. The Hall–Kier alpha value is -2.08. The largest absolute Gasteiger partial charge is 0.400 e. The Morgan fingerprint density at radius 1 is 0.587 bits per heavy atom. The van der Waals surface area contributed by atoms with Gasteiger partial charge in [-0.3, -0.25) is 0 Å². The Bertz CT molecular complexity index is 1890. The average Bonchev–Trinajstić information content (AvgIpc) is 2.94. The molecule has 0 aliphatic carbocycles. The van der Waals surface area contributed by atoms with Gasteiger partial charge in [0.2, 0.25) is 0 Å². The number of benzene rings is 2. The summed E-state index contributed by atoms with van der Waals surface area (Å²) in [6, 6.07) is 14.4. The van der Waals surface area contributed by atoms with Gasteiger partial charge in [0, 0.05) is 6.42 Å². The van der Waals surface area contributed by atoms with Gasteiger partial charge in [-0.2, -0.15) is 33.7 Å². The molecule has 0 bridgehead atoms. The van der Waals surface area contributed by atoms with Crippen molar-refractivity contribution in [3.05, 3.63) is 71.3 Å². The van der Waals surface area contributed by atoms with Crippen LogP contribution in [0.2, 0.25) is 0 Å². The van der Waals surface area contributed by atoms with E-state index in [0.717, 1.165) is 0 Å². The summed E-state index contributed by atoms with van der Waals surface area (Å²) < 4.78 is 142. The molecule has 0 radical (unpaired) electrons. The molecule has 7 unspecified atom stereocenters. The fourth-order valence-corrected chi connectivity index (χ4v) is 11.0. The van der Waals surface area contributed by atoms with Gasteiger partial charge in [0.25, 0.3) is 0 Å². The standard InChI is InChI=1S/C26H30O16S4/c1-16-26(17(2)38-45(31,32)37-16)18(3)39-46(33,34)40-22(26)13-19-8-7-11-21(12-19)24-25(15-36-44(29,30)42-24)14-35-43(27,28)41-23(25)20-9-5-4-6-10-20/h4-12,16-18,22-24H,13-15H2,1-3H3. The zero-order chi connectivity index (χ0) is 33.3. The van der Waals surface area contributed by atoms with Crippen molar-refractivity contribution < 1.29 is 67.1 Å². The van der Waals surface area contributed by atoms with Crippen LogP contribution >= 0.6 is 0 Å². The highest BCUT2D eigenvalue weighted by Gasteiger charge is 2.64. The van der Waals surface area contributed by atoms with E-state index >= 15 is 0 Å². The Morgan fingerprint density at radius 2 is 1.07 bits per heavy atom. The molecule has 2 spiro atoms. The second-order valence-electron chi connectivity index (χ2n) is 11.5. The minimum Gasteiger partial charge on any atom is -0.247 e. The van der Waals surface area contributed by atoms with Crippen molar-refractivity contribution in [3.8, 4) is 0 Å². The molecule has 254 valence electrons. The maximum Gasteiger partial charge on any atom is 0.400 e. The molecule has 0 N–H and O–H groups in total. The molecule has 2 aromatic rings. The Morgan fingerprint density at radius 3 is 1.61 bits per heavy atom. The van der Waals surface area contributed by atoms with Crippen LogP contribution in [0.15, 0.2) is 54.6 Å². The molecule has 7 atom stereocenters. The molecule has 4 aliphatic heterocycles. The van der Waals surface area contributed by atoms with Crippen LogP contribution in [0.25, 0.3) is 0 Å². The molecule has 4 aliphatic rings. The van der Waals surface area contributed by atoms with Crippen molar-refractivity contribution in [2.75, 3.05) is 13.2 Å². The highest BCUT2D eigenvalue weighted by atomic mass is 32.3. The number of rotatable bonds is 4. The fraction of sp³-hybridized carbons (Fsp3) is 0.538. The first-order valence-corrected chi connectivity index (χ1v) is 19.2. The summed E-state index contributed by atoms with van der Waals surface area (Å²) in [5.41, 5.74) is -1.98. The van der Waals surface area contributed by atoms with E-state index in [1.165, 1.54) is 32.9 Å². The summed E-state index contributed by atoms with van der Waals surface area (Å²) in [5, 5.41) is 0. The molecule has 16 nitrogen and oxygen atoms in total. The first-order valence-electron chi connectivity index (χ1n) is 13.9. The molecular formula is C26H30O16S4. The van der Waals surface area contributed by atoms with E-state index in [-0.39, 0.29) is 12.0 Å². The van der Waals surface area contributed by atoms with Gasteiger partial charge >= 0.3 is 41.6 Å². The van der Waals surface area contributed by atoms with Gasteiger partial charge in [-0.1, -0.05) is 54.6 Å². The monoisotopic (exact) mass is 726 g/mol. The van der Waals surface area contributed by atoms with Crippen LogP contribution < -0.4 is 0 Å². The summed E-state index contributed by atoms with van der Waals surface area (Å²) in [7, 11) is -18.0. The minimum absolute atomic E-state index is 0.172. The van der Waals surface area contributed by atoms with Crippen LogP contribution in [-0.4, -0.2) is 71.3 Å². The summed E-state index contributed by atoms with van der Waals surface area (Å²) >= 11 is 0. The Labute approximate surface area is 267 Å². The predicted molar refractivity (Wildman–Crippen MR) is 153 cm³/mol. The van der Waals surface area contributed by atoms with Crippen LogP contribution in [0.3, 0.4) is 0 Å². The van der Waals surface area contributed by atoms with Crippen molar-refractivity contribution in [1.29, 1.82) is 0 Å². The molecule has 2 aromatic carbocycles. The van der Waals surface area contributed by atoms with E-state index in [9.17, 15) is 33.7 Å². The lowest BCUT2D eigenvalue weighted by Gasteiger charge is -2.53. The lowest BCUT2D eigenvalue weighted by molar-refractivity contribution is -0.195. The fourth-order valence-electron chi connectivity index (χ4n) is 6.87. The van der Waals surface area contributed by atoms with Crippen molar-refractivity contribution in [2.45, 2.75) is 63.8 Å². The van der Waals surface area contributed by atoms with Crippen LogP contribution in [0.5, 0.6) is 0 Å². The number of hydrogen-bond acceptors (Lipinski definition) is 16. The van der Waals surface area contributed by atoms with E-state index in [0.29, 0.717) is 11.1 Å². The van der Waals surface area contributed by atoms with E-state index in [4.69, 9.17) is 33.5 Å². The maximum absolute atomic E-state index is 12.6. The molecule has 46 heavy (non-hydrogen) atoms. The van der Waals surface area contributed by atoms with Crippen molar-refractivity contribution in [3.63, 3.8) is 0 Å².